The zero-order chi connectivity index (χ0) is 12.3. The SMILES string of the molecule is Cn1ccnc1CC(NN)c1ccc(Cl)cn1. The van der Waals surface area contributed by atoms with E-state index in [1.165, 1.54) is 0 Å². The van der Waals surface area contributed by atoms with E-state index in [1.54, 1.807) is 18.5 Å². The summed E-state index contributed by atoms with van der Waals surface area (Å²) in [5, 5.41) is 0.613. The van der Waals surface area contributed by atoms with E-state index < -0.39 is 0 Å². The predicted molar refractivity (Wildman–Crippen MR) is 66.2 cm³/mol. The quantitative estimate of drug-likeness (QED) is 0.633. The first-order chi connectivity index (χ1) is 8.20. The van der Waals surface area contributed by atoms with Crippen molar-refractivity contribution in [3.63, 3.8) is 0 Å². The lowest BCUT2D eigenvalue weighted by Crippen LogP contribution is -2.30. The van der Waals surface area contributed by atoms with Gasteiger partial charge in [-0.25, -0.2) is 4.98 Å². The van der Waals surface area contributed by atoms with Gasteiger partial charge in [-0.3, -0.25) is 16.3 Å². The Morgan fingerprint density at radius 2 is 2.29 bits per heavy atom. The van der Waals surface area contributed by atoms with Crippen LogP contribution in [0.5, 0.6) is 0 Å². The Labute approximate surface area is 105 Å². The van der Waals surface area contributed by atoms with Crippen molar-refractivity contribution in [2.45, 2.75) is 12.5 Å². The van der Waals surface area contributed by atoms with E-state index in [-0.39, 0.29) is 6.04 Å². The maximum absolute atomic E-state index is 5.80. The maximum atomic E-state index is 5.80. The number of nitrogens with one attached hydrogen (secondary N) is 1. The number of halogens is 1. The van der Waals surface area contributed by atoms with Gasteiger partial charge < -0.3 is 4.57 Å². The molecule has 1 atom stereocenters. The van der Waals surface area contributed by atoms with Crippen molar-refractivity contribution in [3.8, 4) is 0 Å². The summed E-state index contributed by atoms with van der Waals surface area (Å²) in [5.41, 5.74) is 3.59. The summed E-state index contributed by atoms with van der Waals surface area (Å²) in [6, 6.07) is 3.58. The van der Waals surface area contributed by atoms with E-state index in [4.69, 9.17) is 17.4 Å². The molecule has 5 nitrogen and oxygen atoms in total. The molecule has 6 heteroatoms. The Bertz CT molecular complexity index is 479. The summed E-state index contributed by atoms with van der Waals surface area (Å²) in [7, 11) is 1.95. The molecule has 0 amide bonds. The van der Waals surface area contributed by atoms with Gasteiger partial charge in [0.15, 0.2) is 0 Å². The summed E-state index contributed by atoms with van der Waals surface area (Å²) in [4.78, 5) is 8.51. The molecule has 0 aromatic carbocycles. The second kappa shape index (κ2) is 5.27. The Kier molecular flexibility index (Phi) is 3.73. The van der Waals surface area contributed by atoms with Gasteiger partial charge in [-0.15, -0.1) is 0 Å². The van der Waals surface area contributed by atoms with Crippen molar-refractivity contribution >= 4 is 11.6 Å². The smallest absolute Gasteiger partial charge is 0.110 e. The van der Waals surface area contributed by atoms with Gasteiger partial charge in [0.2, 0.25) is 0 Å². The van der Waals surface area contributed by atoms with Gasteiger partial charge >= 0.3 is 0 Å². The molecule has 2 aromatic rings. The van der Waals surface area contributed by atoms with Crippen LogP contribution in [0, 0.1) is 0 Å². The maximum Gasteiger partial charge on any atom is 0.110 e. The monoisotopic (exact) mass is 251 g/mol. The van der Waals surface area contributed by atoms with E-state index in [9.17, 15) is 0 Å². The summed E-state index contributed by atoms with van der Waals surface area (Å²) >= 11 is 5.80. The zero-order valence-corrected chi connectivity index (χ0v) is 10.2. The normalized spacial score (nSPS) is 12.6. The third-order valence-corrected chi connectivity index (χ3v) is 2.84. The van der Waals surface area contributed by atoms with Gasteiger partial charge in [-0.05, 0) is 12.1 Å². The lowest BCUT2D eigenvalue weighted by atomic mass is 10.1. The van der Waals surface area contributed by atoms with Gasteiger partial charge in [0.25, 0.3) is 0 Å². The summed E-state index contributed by atoms with van der Waals surface area (Å²) in [6.07, 6.45) is 5.95. The van der Waals surface area contributed by atoms with Crippen LogP contribution < -0.4 is 11.3 Å². The fourth-order valence-electron chi connectivity index (χ4n) is 1.62. The van der Waals surface area contributed by atoms with Crippen LogP contribution in [0.1, 0.15) is 17.6 Å². The van der Waals surface area contributed by atoms with Gasteiger partial charge in [-0.2, -0.15) is 0 Å². The number of rotatable bonds is 4. The number of pyridine rings is 1. The van der Waals surface area contributed by atoms with Crippen molar-refractivity contribution in [3.05, 3.63) is 47.3 Å². The molecule has 0 saturated heterocycles. The zero-order valence-electron chi connectivity index (χ0n) is 9.47. The topological polar surface area (TPSA) is 68.8 Å². The molecule has 2 aromatic heterocycles. The van der Waals surface area contributed by atoms with Crippen LogP contribution in [0.15, 0.2) is 30.7 Å². The third-order valence-electron chi connectivity index (χ3n) is 2.62. The Morgan fingerprint density at radius 3 is 2.82 bits per heavy atom. The molecular weight excluding hydrogens is 238 g/mol. The van der Waals surface area contributed by atoms with E-state index in [0.29, 0.717) is 11.4 Å². The molecular formula is C11H14ClN5. The average molecular weight is 252 g/mol. The second-order valence-electron chi connectivity index (χ2n) is 3.78. The minimum Gasteiger partial charge on any atom is -0.338 e. The molecule has 1 unspecified atom stereocenters. The van der Waals surface area contributed by atoms with Crippen LogP contribution in [0.25, 0.3) is 0 Å². The molecule has 0 aliphatic rings. The Hall–Kier alpha value is -1.43. The van der Waals surface area contributed by atoms with E-state index in [0.717, 1.165) is 11.5 Å². The number of aryl methyl sites for hydroxylation is 1. The molecule has 0 aliphatic carbocycles. The van der Waals surface area contributed by atoms with Crippen molar-refractivity contribution in [1.29, 1.82) is 0 Å². The highest BCUT2D eigenvalue weighted by molar-refractivity contribution is 6.30. The van der Waals surface area contributed by atoms with E-state index >= 15 is 0 Å². The molecule has 0 radical (unpaired) electrons. The van der Waals surface area contributed by atoms with Crippen molar-refractivity contribution in [1.82, 2.24) is 20.0 Å². The van der Waals surface area contributed by atoms with Crippen LogP contribution in [0.4, 0.5) is 0 Å². The molecule has 17 heavy (non-hydrogen) atoms. The first-order valence-electron chi connectivity index (χ1n) is 5.24. The Balaban J connectivity index is 2.17. The minimum absolute atomic E-state index is 0.0756. The number of hydrogen-bond donors (Lipinski definition) is 2. The van der Waals surface area contributed by atoms with Crippen LogP contribution in [0.2, 0.25) is 5.02 Å². The Morgan fingerprint density at radius 1 is 1.47 bits per heavy atom. The molecule has 2 heterocycles. The molecule has 3 N–H and O–H groups in total. The van der Waals surface area contributed by atoms with Gasteiger partial charge in [0, 0.05) is 32.1 Å². The number of aromatic nitrogens is 3. The standard InChI is InChI=1S/C11H14ClN5/c1-17-5-4-14-11(17)6-10(16-13)9-3-2-8(12)7-15-9/h2-5,7,10,16H,6,13H2,1H3. The number of imidazole rings is 1. The second-order valence-corrected chi connectivity index (χ2v) is 4.22. The summed E-state index contributed by atoms with van der Waals surface area (Å²) in [5.74, 6) is 6.50. The minimum atomic E-state index is -0.0756. The highest BCUT2D eigenvalue weighted by atomic mass is 35.5. The fraction of sp³-hybridized carbons (Fsp3) is 0.273. The fourth-order valence-corrected chi connectivity index (χ4v) is 1.73. The van der Waals surface area contributed by atoms with Crippen molar-refractivity contribution in [2.75, 3.05) is 0 Å². The lowest BCUT2D eigenvalue weighted by Gasteiger charge is -2.15. The molecule has 0 fully saturated rings. The number of nitrogens with zero attached hydrogens (tertiary/aromatic N) is 3. The first kappa shape index (κ1) is 12.0. The average Bonchev–Trinajstić information content (AvgIpc) is 2.73. The number of hydrazine groups is 1. The summed E-state index contributed by atoms with van der Waals surface area (Å²) < 4.78 is 1.96. The predicted octanol–water partition coefficient (Wildman–Crippen LogP) is 1.22. The van der Waals surface area contributed by atoms with Crippen LogP contribution in [-0.2, 0) is 13.5 Å². The van der Waals surface area contributed by atoms with Crippen LogP contribution in [-0.4, -0.2) is 14.5 Å². The lowest BCUT2D eigenvalue weighted by molar-refractivity contribution is 0.518. The van der Waals surface area contributed by atoms with Crippen LogP contribution in [0.3, 0.4) is 0 Å². The molecule has 0 spiro atoms. The molecule has 90 valence electrons. The molecule has 0 aliphatic heterocycles. The molecule has 0 saturated carbocycles. The van der Waals surface area contributed by atoms with Gasteiger partial charge in [-0.1, -0.05) is 11.6 Å². The van der Waals surface area contributed by atoms with Gasteiger partial charge in [0.05, 0.1) is 16.8 Å². The molecule has 2 rings (SSSR count). The third kappa shape index (κ3) is 2.82. The highest BCUT2D eigenvalue weighted by Crippen LogP contribution is 2.16. The largest absolute Gasteiger partial charge is 0.338 e. The van der Waals surface area contributed by atoms with Gasteiger partial charge in [0.1, 0.15) is 5.82 Å². The summed E-state index contributed by atoms with van der Waals surface area (Å²) in [6.45, 7) is 0. The number of hydrogen-bond acceptors (Lipinski definition) is 4. The highest BCUT2D eigenvalue weighted by Gasteiger charge is 2.14. The number of nitrogens with two attached hydrogens (primary N) is 1. The van der Waals surface area contributed by atoms with E-state index in [1.807, 2.05) is 23.9 Å². The van der Waals surface area contributed by atoms with Crippen molar-refractivity contribution < 1.29 is 0 Å². The van der Waals surface area contributed by atoms with E-state index in [2.05, 4.69) is 15.4 Å². The van der Waals surface area contributed by atoms with Crippen molar-refractivity contribution in [2.24, 2.45) is 12.9 Å². The first-order valence-corrected chi connectivity index (χ1v) is 5.62. The van der Waals surface area contributed by atoms with Crippen LogP contribution >= 0.6 is 11.6 Å². The molecule has 0 bridgehead atoms.